The molecule has 0 aliphatic heterocycles. The Kier molecular flexibility index (Phi) is 7.55. The van der Waals surface area contributed by atoms with Crippen LogP contribution in [0.15, 0.2) is 18.2 Å². The number of benzene rings is 1. The number of hydrogen-bond donors (Lipinski definition) is 1. The lowest BCUT2D eigenvalue weighted by Gasteiger charge is -2.15. The predicted molar refractivity (Wildman–Crippen MR) is 83.1 cm³/mol. The highest BCUT2D eigenvalue weighted by molar-refractivity contribution is 6.32. The smallest absolute Gasteiger partial charge is 0.288 e. The van der Waals surface area contributed by atoms with Gasteiger partial charge in [0.05, 0.1) is 4.92 Å². The highest BCUT2D eigenvalue weighted by Gasteiger charge is 2.12. The SMILES string of the molecule is CCCCC(CC)CNCc1ccc(Cl)c([N+](=O)[O-])c1. The highest BCUT2D eigenvalue weighted by Crippen LogP contribution is 2.25. The number of rotatable bonds is 9. The minimum Gasteiger partial charge on any atom is -0.312 e. The zero-order chi connectivity index (χ0) is 15.0. The van der Waals surface area contributed by atoms with Gasteiger partial charge in [0.15, 0.2) is 0 Å². The molecule has 0 amide bonds. The van der Waals surface area contributed by atoms with Gasteiger partial charge in [0.25, 0.3) is 5.69 Å². The van der Waals surface area contributed by atoms with Crippen molar-refractivity contribution < 1.29 is 4.92 Å². The maximum Gasteiger partial charge on any atom is 0.288 e. The highest BCUT2D eigenvalue weighted by atomic mass is 35.5. The minimum absolute atomic E-state index is 0.0241. The Bertz CT molecular complexity index is 438. The van der Waals surface area contributed by atoms with E-state index in [1.165, 1.54) is 19.3 Å². The monoisotopic (exact) mass is 298 g/mol. The van der Waals surface area contributed by atoms with Crippen LogP contribution < -0.4 is 5.32 Å². The van der Waals surface area contributed by atoms with E-state index in [0.717, 1.165) is 18.5 Å². The molecule has 20 heavy (non-hydrogen) atoms. The summed E-state index contributed by atoms with van der Waals surface area (Å²) in [6.45, 7) is 6.00. The van der Waals surface area contributed by atoms with E-state index in [2.05, 4.69) is 19.2 Å². The first-order valence-corrected chi connectivity index (χ1v) is 7.59. The summed E-state index contributed by atoms with van der Waals surface area (Å²) in [5.41, 5.74) is 0.871. The van der Waals surface area contributed by atoms with E-state index in [1.54, 1.807) is 12.1 Å². The van der Waals surface area contributed by atoms with Crippen LogP contribution in [0.4, 0.5) is 5.69 Å². The topological polar surface area (TPSA) is 55.2 Å². The quantitative estimate of drug-likeness (QED) is 0.537. The van der Waals surface area contributed by atoms with Crippen LogP contribution in [0.1, 0.15) is 45.1 Å². The predicted octanol–water partition coefficient (Wildman–Crippen LogP) is 4.55. The third-order valence-corrected chi connectivity index (χ3v) is 3.83. The van der Waals surface area contributed by atoms with Crippen LogP contribution >= 0.6 is 11.6 Å². The first-order valence-electron chi connectivity index (χ1n) is 7.22. The fourth-order valence-corrected chi connectivity index (χ4v) is 2.36. The van der Waals surface area contributed by atoms with Crippen LogP contribution in [0.25, 0.3) is 0 Å². The zero-order valence-electron chi connectivity index (χ0n) is 12.2. The number of nitro groups is 1. The maximum absolute atomic E-state index is 10.8. The Morgan fingerprint density at radius 2 is 2.15 bits per heavy atom. The van der Waals surface area contributed by atoms with E-state index in [0.29, 0.717) is 12.5 Å². The van der Waals surface area contributed by atoms with Crippen molar-refractivity contribution in [2.24, 2.45) is 5.92 Å². The Labute approximate surface area is 125 Å². The van der Waals surface area contributed by atoms with Crippen molar-refractivity contribution in [2.45, 2.75) is 46.1 Å². The maximum atomic E-state index is 10.8. The van der Waals surface area contributed by atoms with Gasteiger partial charge in [0.2, 0.25) is 0 Å². The number of unbranched alkanes of at least 4 members (excludes halogenated alkanes) is 1. The van der Waals surface area contributed by atoms with Crippen molar-refractivity contribution in [3.05, 3.63) is 38.9 Å². The molecule has 0 saturated carbocycles. The van der Waals surface area contributed by atoms with Crippen LogP contribution in [0.2, 0.25) is 5.02 Å². The second kappa shape index (κ2) is 8.93. The Morgan fingerprint density at radius 1 is 1.40 bits per heavy atom. The average Bonchev–Trinajstić information content (AvgIpc) is 2.44. The lowest BCUT2D eigenvalue weighted by molar-refractivity contribution is -0.384. The Hall–Kier alpha value is -1.13. The van der Waals surface area contributed by atoms with Gasteiger partial charge >= 0.3 is 0 Å². The summed E-state index contributed by atoms with van der Waals surface area (Å²) in [6, 6.07) is 4.96. The molecule has 0 aliphatic carbocycles. The molecule has 1 atom stereocenters. The van der Waals surface area contributed by atoms with E-state index < -0.39 is 4.92 Å². The van der Waals surface area contributed by atoms with Crippen molar-refractivity contribution in [2.75, 3.05) is 6.54 Å². The second-order valence-corrected chi connectivity index (χ2v) is 5.50. The van der Waals surface area contributed by atoms with E-state index in [1.807, 2.05) is 6.07 Å². The molecule has 0 spiro atoms. The van der Waals surface area contributed by atoms with Crippen LogP contribution in [0, 0.1) is 16.0 Å². The van der Waals surface area contributed by atoms with E-state index in [4.69, 9.17) is 11.6 Å². The molecule has 4 nitrogen and oxygen atoms in total. The lowest BCUT2D eigenvalue weighted by Crippen LogP contribution is -2.22. The average molecular weight is 299 g/mol. The molecule has 0 saturated heterocycles. The summed E-state index contributed by atoms with van der Waals surface area (Å²) in [5, 5.41) is 14.4. The summed E-state index contributed by atoms with van der Waals surface area (Å²) in [5.74, 6) is 0.678. The van der Waals surface area contributed by atoms with Gasteiger partial charge in [-0.3, -0.25) is 10.1 Å². The van der Waals surface area contributed by atoms with Gasteiger partial charge in [0.1, 0.15) is 5.02 Å². The summed E-state index contributed by atoms with van der Waals surface area (Å²) >= 11 is 5.79. The molecule has 1 rings (SSSR count). The number of nitro benzene ring substituents is 1. The molecule has 0 aromatic heterocycles. The van der Waals surface area contributed by atoms with Crippen LogP contribution in [-0.2, 0) is 6.54 Å². The van der Waals surface area contributed by atoms with Gasteiger partial charge in [-0.25, -0.2) is 0 Å². The van der Waals surface area contributed by atoms with E-state index in [9.17, 15) is 10.1 Å². The van der Waals surface area contributed by atoms with Crippen molar-refractivity contribution in [3.63, 3.8) is 0 Å². The van der Waals surface area contributed by atoms with Crippen molar-refractivity contribution >= 4 is 17.3 Å². The normalized spacial score (nSPS) is 12.3. The van der Waals surface area contributed by atoms with Gasteiger partial charge in [-0.05, 0) is 30.5 Å². The summed E-state index contributed by atoms with van der Waals surface area (Å²) in [7, 11) is 0. The molecule has 0 aliphatic rings. The molecule has 0 bridgehead atoms. The number of nitrogens with zero attached hydrogens (tertiary/aromatic N) is 1. The first-order chi connectivity index (χ1) is 9.58. The van der Waals surface area contributed by atoms with Crippen molar-refractivity contribution in [1.29, 1.82) is 0 Å². The Balaban J connectivity index is 2.49. The molecule has 0 radical (unpaired) electrons. The van der Waals surface area contributed by atoms with Crippen molar-refractivity contribution in [1.82, 2.24) is 5.32 Å². The largest absolute Gasteiger partial charge is 0.312 e. The number of halogens is 1. The van der Waals surface area contributed by atoms with Gasteiger partial charge in [-0.15, -0.1) is 0 Å². The third kappa shape index (κ3) is 5.47. The molecular formula is C15H23ClN2O2. The van der Waals surface area contributed by atoms with Gasteiger partial charge < -0.3 is 5.32 Å². The van der Waals surface area contributed by atoms with Crippen LogP contribution in [0.3, 0.4) is 0 Å². The number of hydrogen-bond acceptors (Lipinski definition) is 3. The minimum atomic E-state index is -0.443. The molecule has 1 unspecified atom stereocenters. The molecule has 0 heterocycles. The van der Waals surface area contributed by atoms with Gasteiger partial charge in [-0.2, -0.15) is 0 Å². The lowest BCUT2D eigenvalue weighted by atomic mass is 9.99. The third-order valence-electron chi connectivity index (χ3n) is 3.51. The summed E-state index contributed by atoms with van der Waals surface area (Å²) < 4.78 is 0. The fraction of sp³-hybridized carbons (Fsp3) is 0.600. The molecule has 1 N–H and O–H groups in total. The molecule has 1 aromatic carbocycles. The van der Waals surface area contributed by atoms with Gasteiger partial charge in [0, 0.05) is 12.6 Å². The molecule has 5 heteroatoms. The molecule has 1 aromatic rings. The Morgan fingerprint density at radius 3 is 2.75 bits per heavy atom. The molecule has 0 fully saturated rings. The van der Waals surface area contributed by atoms with Gasteiger partial charge in [-0.1, -0.05) is 50.8 Å². The summed E-state index contributed by atoms with van der Waals surface area (Å²) in [4.78, 5) is 10.4. The van der Waals surface area contributed by atoms with Crippen molar-refractivity contribution in [3.8, 4) is 0 Å². The number of nitrogens with one attached hydrogen (secondary N) is 1. The van der Waals surface area contributed by atoms with E-state index >= 15 is 0 Å². The fourth-order valence-electron chi connectivity index (χ4n) is 2.17. The van der Waals surface area contributed by atoms with Crippen LogP contribution in [-0.4, -0.2) is 11.5 Å². The molecular weight excluding hydrogens is 276 g/mol. The standard InChI is InChI=1S/C15H23ClN2O2/c1-3-5-6-12(4-2)10-17-11-13-7-8-14(16)15(9-13)18(19)20/h7-9,12,17H,3-6,10-11H2,1-2H3. The summed E-state index contributed by atoms with van der Waals surface area (Å²) in [6.07, 6.45) is 4.88. The second-order valence-electron chi connectivity index (χ2n) is 5.09. The van der Waals surface area contributed by atoms with Crippen LogP contribution in [0.5, 0.6) is 0 Å². The first kappa shape index (κ1) is 16.9. The zero-order valence-corrected chi connectivity index (χ0v) is 12.9. The van der Waals surface area contributed by atoms with E-state index in [-0.39, 0.29) is 10.7 Å². The molecule has 112 valence electrons.